The fourth-order valence-electron chi connectivity index (χ4n) is 5.16. The van der Waals surface area contributed by atoms with E-state index >= 15 is 0 Å². The summed E-state index contributed by atoms with van der Waals surface area (Å²) >= 11 is 0. The average Bonchev–Trinajstić information content (AvgIpc) is 3.40. The molecule has 3 heterocycles. The Morgan fingerprint density at radius 1 is 1.05 bits per heavy atom. The van der Waals surface area contributed by atoms with Crippen molar-refractivity contribution in [3.8, 4) is 28.0 Å². The van der Waals surface area contributed by atoms with Crippen LogP contribution in [0.1, 0.15) is 23.2 Å². The molecular weight excluding hydrogens is 494 g/mol. The Hall–Kier alpha value is -4.37. The highest BCUT2D eigenvalue weighted by molar-refractivity contribution is 6.04. The van der Waals surface area contributed by atoms with Crippen LogP contribution in [0.15, 0.2) is 60.9 Å². The number of pyridine rings is 1. The fraction of sp³-hybridized carbons (Fsp3) is 0.300. The molecule has 1 aliphatic heterocycles. The highest BCUT2D eigenvalue weighted by Gasteiger charge is 2.27. The molecule has 0 radical (unpaired) electrons. The number of amides is 2. The van der Waals surface area contributed by atoms with Gasteiger partial charge in [-0.05, 0) is 62.8 Å². The molecule has 0 saturated carbocycles. The van der Waals surface area contributed by atoms with Crippen molar-refractivity contribution in [3.63, 3.8) is 0 Å². The van der Waals surface area contributed by atoms with Gasteiger partial charge >= 0.3 is 6.09 Å². The van der Waals surface area contributed by atoms with Gasteiger partial charge in [-0.15, -0.1) is 0 Å². The maximum Gasteiger partial charge on any atom is 0.411 e. The van der Waals surface area contributed by atoms with Crippen molar-refractivity contribution in [2.45, 2.75) is 18.9 Å². The van der Waals surface area contributed by atoms with E-state index in [1.54, 1.807) is 24.3 Å². The number of fused-ring (bicyclic) bond motifs is 1. The van der Waals surface area contributed by atoms with Gasteiger partial charge in [-0.3, -0.25) is 10.1 Å². The summed E-state index contributed by atoms with van der Waals surface area (Å²) in [5, 5.41) is 3.64. The van der Waals surface area contributed by atoms with E-state index in [0.717, 1.165) is 65.0 Å². The minimum absolute atomic E-state index is 0.129. The van der Waals surface area contributed by atoms with Gasteiger partial charge in [0.2, 0.25) is 0 Å². The number of hydrogen-bond acceptors (Lipinski definition) is 6. The fourth-order valence-corrected chi connectivity index (χ4v) is 5.16. The highest BCUT2D eigenvalue weighted by atomic mass is 16.5. The third-order valence-electron chi connectivity index (χ3n) is 7.49. The lowest BCUT2D eigenvalue weighted by Gasteiger charge is -2.35. The number of methoxy groups -OCH3 is 2. The van der Waals surface area contributed by atoms with E-state index in [1.807, 2.05) is 49.6 Å². The number of nitrogens with zero attached hydrogens (tertiary/aromatic N) is 3. The average molecular weight is 528 g/mol. The Bertz CT molecular complexity index is 1510. The number of H-pyrrole nitrogens is 1. The number of ether oxygens (including phenoxy) is 2. The minimum Gasteiger partial charge on any atom is -0.496 e. The van der Waals surface area contributed by atoms with Crippen molar-refractivity contribution < 1.29 is 19.1 Å². The van der Waals surface area contributed by atoms with Crippen LogP contribution >= 0.6 is 0 Å². The number of aromatic nitrogens is 2. The van der Waals surface area contributed by atoms with Gasteiger partial charge in [-0.25, -0.2) is 9.78 Å². The van der Waals surface area contributed by atoms with Gasteiger partial charge in [0, 0.05) is 47.6 Å². The molecule has 2 amide bonds. The molecule has 5 rings (SSSR count). The summed E-state index contributed by atoms with van der Waals surface area (Å²) in [4.78, 5) is 37.8. The molecule has 0 spiro atoms. The van der Waals surface area contributed by atoms with Crippen molar-refractivity contribution in [2.24, 2.45) is 0 Å². The molecule has 2 aromatic carbocycles. The van der Waals surface area contributed by atoms with Gasteiger partial charge in [0.15, 0.2) is 0 Å². The molecular formula is C30H33N5O4. The lowest BCUT2D eigenvalue weighted by Crippen LogP contribution is -2.44. The molecule has 202 valence electrons. The molecule has 9 nitrogen and oxygen atoms in total. The van der Waals surface area contributed by atoms with Gasteiger partial charge in [0.05, 0.1) is 25.5 Å². The van der Waals surface area contributed by atoms with Crippen molar-refractivity contribution in [2.75, 3.05) is 46.7 Å². The molecule has 0 aliphatic carbocycles. The Labute approximate surface area is 227 Å². The van der Waals surface area contributed by atoms with Crippen LogP contribution < -0.4 is 10.1 Å². The molecule has 39 heavy (non-hydrogen) atoms. The smallest absolute Gasteiger partial charge is 0.411 e. The second-order valence-corrected chi connectivity index (χ2v) is 9.85. The molecule has 4 aromatic rings. The van der Waals surface area contributed by atoms with Crippen LogP contribution in [0.2, 0.25) is 0 Å². The lowest BCUT2D eigenvalue weighted by molar-refractivity contribution is 0.0660. The summed E-state index contributed by atoms with van der Waals surface area (Å²) < 4.78 is 10.4. The summed E-state index contributed by atoms with van der Waals surface area (Å²) in [6.45, 7) is 1.87. The van der Waals surface area contributed by atoms with Crippen molar-refractivity contribution in [1.29, 1.82) is 0 Å². The number of rotatable bonds is 6. The van der Waals surface area contributed by atoms with Gasteiger partial charge < -0.3 is 24.3 Å². The Balaban J connectivity index is 1.54. The van der Waals surface area contributed by atoms with Crippen LogP contribution in [0.25, 0.3) is 33.3 Å². The standard InChI is InChI=1S/C30H33N5O4/c1-34-13-11-21(12-14-34)35(2)29(36)24-15-19(9-10-26(24)33-30(37)39-4)20-16-23-25(18-32-28(23)31-17-20)22-7-5-6-8-27(22)38-3/h5-10,15-18,21H,11-14H2,1-4H3,(H,31,32)(H,33,37). The third kappa shape index (κ3) is 5.31. The lowest BCUT2D eigenvalue weighted by atomic mass is 9.98. The van der Waals surface area contributed by atoms with E-state index in [0.29, 0.717) is 11.3 Å². The Kier molecular flexibility index (Phi) is 7.51. The predicted octanol–water partition coefficient (Wildman–Crippen LogP) is 5.25. The van der Waals surface area contributed by atoms with Crippen LogP contribution in [0, 0.1) is 0 Å². The number of carbonyl (C=O) groups excluding carboxylic acids is 2. The first-order chi connectivity index (χ1) is 18.9. The molecule has 1 saturated heterocycles. The van der Waals surface area contributed by atoms with Gasteiger partial charge in [0.25, 0.3) is 5.91 Å². The molecule has 0 bridgehead atoms. The Morgan fingerprint density at radius 2 is 1.82 bits per heavy atom. The van der Waals surface area contributed by atoms with Gasteiger partial charge in [-0.2, -0.15) is 0 Å². The molecule has 0 atom stereocenters. The molecule has 1 fully saturated rings. The van der Waals surface area contributed by atoms with Gasteiger partial charge in [0.1, 0.15) is 11.4 Å². The minimum atomic E-state index is -0.629. The largest absolute Gasteiger partial charge is 0.496 e. The molecule has 2 N–H and O–H groups in total. The van der Waals surface area contributed by atoms with E-state index in [1.165, 1.54) is 7.11 Å². The highest BCUT2D eigenvalue weighted by Crippen LogP contribution is 2.36. The van der Waals surface area contributed by atoms with Crippen molar-refractivity contribution in [3.05, 3.63) is 66.5 Å². The van der Waals surface area contributed by atoms with E-state index in [4.69, 9.17) is 9.47 Å². The third-order valence-corrected chi connectivity index (χ3v) is 7.49. The van der Waals surface area contributed by atoms with E-state index < -0.39 is 6.09 Å². The van der Waals surface area contributed by atoms with Crippen LogP contribution in [-0.2, 0) is 4.74 Å². The molecule has 1 aliphatic rings. The summed E-state index contributed by atoms with van der Waals surface area (Å²) in [6, 6.07) is 15.5. The number of likely N-dealkylation sites (tertiary alicyclic amines) is 1. The maximum absolute atomic E-state index is 13.8. The van der Waals surface area contributed by atoms with Crippen molar-refractivity contribution in [1.82, 2.24) is 19.8 Å². The van der Waals surface area contributed by atoms with Crippen LogP contribution in [0.5, 0.6) is 5.75 Å². The monoisotopic (exact) mass is 527 g/mol. The first-order valence-electron chi connectivity index (χ1n) is 12.9. The SMILES string of the molecule is COC(=O)Nc1ccc(-c2cnc3[nH]cc(-c4ccccc4OC)c3c2)cc1C(=O)N(C)C1CCN(C)CC1. The topological polar surface area (TPSA) is 99.8 Å². The second-order valence-electron chi connectivity index (χ2n) is 9.85. The number of nitrogens with one attached hydrogen (secondary N) is 2. The first-order valence-corrected chi connectivity index (χ1v) is 12.9. The number of para-hydroxylation sites is 1. The maximum atomic E-state index is 13.8. The summed E-state index contributed by atoms with van der Waals surface area (Å²) in [6.07, 6.45) is 4.88. The molecule has 2 aromatic heterocycles. The zero-order valence-electron chi connectivity index (χ0n) is 22.7. The van der Waals surface area contributed by atoms with E-state index in [2.05, 4.69) is 33.3 Å². The summed E-state index contributed by atoms with van der Waals surface area (Å²) in [7, 11) is 6.88. The van der Waals surface area contributed by atoms with Crippen molar-refractivity contribution >= 4 is 28.7 Å². The normalized spacial score (nSPS) is 14.3. The zero-order chi connectivity index (χ0) is 27.5. The van der Waals surface area contributed by atoms with Crippen LogP contribution in [0.3, 0.4) is 0 Å². The number of benzene rings is 2. The summed E-state index contributed by atoms with van der Waals surface area (Å²) in [5.41, 5.74) is 5.14. The number of carbonyl (C=O) groups is 2. The molecule has 0 unspecified atom stereocenters. The van der Waals surface area contributed by atoms with Gasteiger partial charge in [-0.1, -0.05) is 24.3 Å². The zero-order valence-corrected chi connectivity index (χ0v) is 22.7. The van der Waals surface area contributed by atoms with Crippen LogP contribution in [0.4, 0.5) is 10.5 Å². The molecule has 9 heteroatoms. The Morgan fingerprint density at radius 3 is 2.56 bits per heavy atom. The number of hydrogen-bond donors (Lipinski definition) is 2. The number of aromatic amines is 1. The summed E-state index contributed by atoms with van der Waals surface area (Å²) in [5.74, 6) is 0.620. The predicted molar refractivity (Wildman–Crippen MR) is 152 cm³/mol. The number of piperidine rings is 1. The van der Waals surface area contributed by atoms with Crippen LogP contribution in [-0.4, -0.2) is 79.2 Å². The van der Waals surface area contributed by atoms with E-state index in [-0.39, 0.29) is 11.9 Å². The quantitative estimate of drug-likeness (QED) is 0.355. The number of anilines is 1. The van der Waals surface area contributed by atoms with E-state index in [9.17, 15) is 9.59 Å². The first kappa shape index (κ1) is 26.2. The second kappa shape index (κ2) is 11.2.